The molecule has 10 heteroatoms. The van der Waals surface area contributed by atoms with Crippen LogP contribution in [-0.2, 0) is 4.74 Å². The van der Waals surface area contributed by atoms with Gasteiger partial charge >= 0.3 is 6.09 Å². The molecule has 1 aliphatic heterocycles. The van der Waals surface area contributed by atoms with Crippen molar-refractivity contribution in [3.05, 3.63) is 36.8 Å². The fourth-order valence-corrected chi connectivity index (χ4v) is 3.35. The van der Waals surface area contributed by atoms with Gasteiger partial charge in [-0.05, 0) is 51.7 Å². The second-order valence-corrected chi connectivity index (χ2v) is 8.53. The first kappa shape index (κ1) is 20.8. The van der Waals surface area contributed by atoms with Crippen LogP contribution in [0.15, 0.2) is 47.0 Å². The molecule has 0 saturated carbocycles. The number of carbonyl (C=O) groups excluding carboxylic acids is 1. The van der Waals surface area contributed by atoms with Crippen LogP contribution in [0.3, 0.4) is 0 Å². The molecule has 4 rings (SSSR count). The zero-order valence-corrected chi connectivity index (χ0v) is 18.0. The Labute approximate surface area is 180 Å². The summed E-state index contributed by atoms with van der Waals surface area (Å²) in [7, 11) is 0. The van der Waals surface area contributed by atoms with Crippen LogP contribution in [0.1, 0.15) is 33.6 Å². The zero-order valence-electron chi connectivity index (χ0n) is 18.0. The molecule has 0 N–H and O–H groups in total. The Bertz CT molecular complexity index is 1070. The third kappa shape index (κ3) is 5.19. The molecule has 0 atom stereocenters. The Balaban J connectivity index is 1.35. The number of nitrogens with zero attached hydrogens (tertiary/aromatic N) is 8. The van der Waals surface area contributed by atoms with Crippen molar-refractivity contribution in [2.24, 2.45) is 16.1 Å². The number of rotatable bonds is 4. The lowest BCUT2D eigenvalue weighted by atomic mass is 9.97. The molecule has 1 saturated heterocycles. The van der Waals surface area contributed by atoms with Crippen LogP contribution in [0.2, 0.25) is 0 Å². The van der Waals surface area contributed by atoms with Gasteiger partial charge in [-0.2, -0.15) is 19.9 Å². The maximum Gasteiger partial charge on any atom is 0.410 e. The van der Waals surface area contributed by atoms with E-state index < -0.39 is 5.60 Å². The second-order valence-electron chi connectivity index (χ2n) is 8.53. The summed E-state index contributed by atoms with van der Waals surface area (Å²) in [5.41, 5.74) is 0.156. The Morgan fingerprint density at radius 1 is 1.19 bits per heavy atom. The molecule has 0 bridgehead atoms. The van der Waals surface area contributed by atoms with E-state index in [0.717, 1.165) is 18.2 Å². The minimum absolute atomic E-state index is 0.251. The fraction of sp³-hybridized carbons (Fsp3) is 0.476. The lowest BCUT2D eigenvalue weighted by molar-refractivity contribution is 0.0186. The third-order valence-corrected chi connectivity index (χ3v) is 4.93. The predicted molar refractivity (Wildman–Crippen MR) is 114 cm³/mol. The molecular weight excluding hydrogens is 396 g/mol. The minimum Gasteiger partial charge on any atom is -0.444 e. The van der Waals surface area contributed by atoms with Gasteiger partial charge in [0, 0.05) is 25.5 Å². The van der Waals surface area contributed by atoms with E-state index in [2.05, 4.69) is 30.3 Å². The monoisotopic (exact) mass is 422 g/mol. The first-order valence-electron chi connectivity index (χ1n) is 10.4. The van der Waals surface area contributed by atoms with Crippen molar-refractivity contribution in [1.82, 2.24) is 29.6 Å². The Morgan fingerprint density at radius 2 is 2.00 bits per heavy atom. The summed E-state index contributed by atoms with van der Waals surface area (Å²) in [4.78, 5) is 27.0. The number of ether oxygens (including phenoxy) is 1. The second kappa shape index (κ2) is 8.75. The van der Waals surface area contributed by atoms with Crippen LogP contribution in [0, 0.1) is 5.92 Å². The molecule has 10 nitrogen and oxygen atoms in total. The smallest absolute Gasteiger partial charge is 0.410 e. The molecule has 0 aromatic carbocycles. The summed E-state index contributed by atoms with van der Waals surface area (Å²) in [6, 6.07) is 5.60. The standard InChI is InChI=1S/C21H26N8O2/c1-21(2,3)31-20(30)28-10-7-15(8-11-28)12-24-27-19-23-13-16-14-25-29(18(16)26-19)17-6-4-5-9-22-17/h4-6,9,13-15H,7-8,10-12H2,1-3H3. The number of aromatic nitrogens is 5. The largest absolute Gasteiger partial charge is 0.444 e. The van der Waals surface area contributed by atoms with Crippen LogP contribution in [0.4, 0.5) is 10.7 Å². The maximum atomic E-state index is 12.2. The summed E-state index contributed by atoms with van der Waals surface area (Å²) >= 11 is 0. The average molecular weight is 422 g/mol. The van der Waals surface area contributed by atoms with E-state index in [4.69, 9.17) is 4.74 Å². The highest BCUT2D eigenvalue weighted by Gasteiger charge is 2.26. The summed E-state index contributed by atoms with van der Waals surface area (Å²) < 4.78 is 7.09. The van der Waals surface area contributed by atoms with E-state index in [-0.39, 0.29) is 12.0 Å². The van der Waals surface area contributed by atoms with E-state index >= 15 is 0 Å². The quantitative estimate of drug-likeness (QED) is 0.589. The predicted octanol–water partition coefficient (Wildman–Crippen LogP) is 3.94. The number of hydrogen-bond acceptors (Lipinski definition) is 8. The van der Waals surface area contributed by atoms with Gasteiger partial charge < -0.3 is 9.64 Å². The Hall–Kier alpha value is -3.43. The molecule has 3 aromatic heterocycles. The number of pyridine rings is 1. The van der Waals surface area contributed by atoms with Crippen LogP contribution < -0.4 is 0 Å². The van der Waals surface area contributed by atoms with Gasteiger partial charge in [-0.3, -0.25) is 0 Å². The number of azo groups is 1. The summed E-state index contributed by atoms with van der Waals surface area (Å²) in [6.45, 7) is 7.53. The van der Waals surface area contributed by atoms with E-state index in [1.807, 2.05) is 39.0 Å². The van der Waals surface area contributed by atoms with Gasteiger partial charge in [0.25, 0.3) is 5.95 Å². The Morgan fingerprint density at radius 3 is 2.71 bits per heavy atom. The number of likely N-dealkylation sites (tertiary alicyclic amines) is 1. The van der Waals surface area contributed by atoms with Crippen LogP contribution >= 0.6 is 0 Å². The van der Waals surface area contributed by atoms with Gasteiger partial charge in [-0.15, -0.1) is 5.11 Å². The minimum atomic E-state index is -0.477. The number of amides is 1. The molecule has 162 valence electrons. The SMILES string of the molecule is CC(C)(C)OC(=O)N1CCC(CN=Nc2ncc3cnn(-c4ccccn4)c3n2)CC1. The first-order chi connectivity index (χ1) is 14.9. The molecule has 1 fully saturated rings. The number of carbonyl (C=O) groups is 1. The molecule has 1 aliphatic rings. The highest BCUT2D eigenvalue weighted by atomic mass is 16.6. The molecule has 4 heterocycles. The maximum absolute atomic E-state index is 12.2. The zero-order chi connectivity index (χ0) is 21.8. The van der Waals surface area contributed by atoms with Crippen LogP contribution in [0.25, 0.3) is 16.9 Å². The van der Waals surface area contributed by atoms with Crippen molar-refractivity contribution >= 4 is 23.1 Å². The van der Waals surface area contributed by atoms with Crippen molar-refractivity contribution in [1.29, 1.82) is 0 Å². The lowest BCUT2D eigenvalue weighted by Crippen LogP contribution is -2.42. The normalized spacial score (nSPS) is 15.6. The van der Waals surface area contributed by atoms with E-state index in [1.54, 1.807) is 28.2 Å². The number of piperidine rings is 1. The topological polar surface area (TPSA) is 111 Å². The lowest BCUT2D eigenvalue weighted by Gasteiger charge is -2.32. The molecule has 0 radical (unpaired) electrons. The number of fused-ring (bicyclic) bond motifs is 1. The van der Waals surface area contributed by atoms with E-state index in [9.17, 15) is 4.79 Å². The van der Waals surface area contributed by atoms with Gasteiger partial charge in [0.15, 0.2) is 11.5 Å². The highest BCUT2D eigenvalue weighted by molar-refractivity contribution is 5.75. The van der Waals surface area contributed by atoms with Crippen LogP contribution in [0.5, 0.6) is 0 Å². The molecule has 3 aromatic rings. The van der Waals surface area contributed by atoms with Crippen molar-refractivity contribution < 1.29 is 9.53 Å². The van der Waals surface area contributed by atoms with Gasteiger partial charge in [0.05, 0.1) is 18.1 Å². The molecule has 1 amide bonds. The van der Waals surface area contributed by atoms with Crippen molar-refractivity contribution in [3.8, 4) is 5.82 Å². The summed E-state index contributed by atoms with van der Waals surface area (Å²) in [5.74, 6) is 1.33. The molecule has 31 heavy (non-hydrogen) atoms. The molecular formula is C21H26N8O2. The molecule has 0 aliphatic carbocycles. The molecule has 0 spiro atoms. The van der Waals surface area contributed by atoms with Gasteiger partial charge in [0.1, 0.15) is 5.60 Å². The van der Waals surface area contributed by atoms with Gasteiger partial charge in [-0.1, -0.05) is 6.07 Å². The van der Waals surface area contributed by atoms with Crippen LogP contribution in [-0.4, -0.2) is 61.0 Å². The summed E-state index contributed by atoms with van der Waals surface area (Å²) in [5, 5.41) is 13.7. The van der Waals surface area contributed by atoms with Gasteiger partial charge in [0.2, 0.25) is 0 Å². The Kier molecular flexibility index (Phi) is 5.88. The van der Waals surface area contributed by atoms with E-state index in [1.165, 1.54) is 0 Å². The highest BCUT2D eigenvalue weighted by Crippen LogP contribution is 2.21. The first-order valence-corrected chi connectivity index (χ1v) is 10.4. The van der Waals surface area contributed by atoms with E-state index in [0.29, 0.717) is 37.0 Å². The third-order valence-electron chi connectivity index (χ3n) is 4.93. The van der Waals surface area contributed by atoms with Crippen molar-refractivity contribution in [2.75, 3.05) is 19.6 Å². The molecule has 0 unspecified atom stereocenters. The number of hydrogen-bond donors (Lipinski definition) is 0. The van der Waals surface area contributed by atoms with Crippen molar-refractivity contribution in [2.45, 2.75) is 39.2 Å². The van der Waals surface area contributed by atoms with Crippen molar-refractivity contribution in [3.63, 3.8) is 0 Å². The van der Waals surface area contributed by atoms with Gasteiger partial charge in [-0.25, -0.2) is 14.8 Å². The summed E-state index contributed by atoms with van der Waals surface area (Å²) in [6.07, 6.45) is 6.57. The fourth-order valence-electron chi connectivity index (χ4n) is 3.35. The average Bonchev–Trinajstić information content (AvgIpc) is 3.17.